The summed E-state index contributed by atoms with van der Waals surface area (Å²) in [4.78, 5) is 7.18. The highest BCUT2D eigenvalue weighted by molar-refractivity contribution is 14.0. The van der Waals surface area contributed by atoms with E-state index in [2.05, 4.69) is 10.2 Å². The lowest BCUT2D eigenvalue weighted by atomic mass is 10.1. The van der Waals surface area contributed by atoms with Crippen LogP contribution in [-0.2, 0) is 14.6 Å². The zero-order valence-corrected chi connectivity index (χ0v) is 18.3. The third-order valence-corrected chi connectivity index (χ3v) is 7.34. The molecule has 2 unspecified atom stereocenters. The number of guanidine groups is 1. The van der Waals surface area contributed by atoms with E-state index >= 15 is 0 Å². The minimum atomic E-state index is -2.82. The molecule has 25 heavy (non-hydrogen) atoms. The number of rotatable bonds is 5. The quantitative estimate of drug-likeness (QED) is 0.366. The number of likely N-dealkylation sites (tertiary alicyclic amines) is 1. The van der Waals surface area contributed by atoms with E-state index in [1.807, 2.05) is 0 Å². The number of methoxy groups -OCH3 is 1. The van der Waals surface area contributed by atoms with Gasteiger partial charge in [-0.25, -0.2) is 8.42 Å². The Morgan fingerprint density at radius 2 is 1.96 bits per heavy atom. The molecule has 2 heterocycles. The molecule has 0 bridgehead atoms. The third-order valence-electron chi connectivity index (χ3n) is 5.50. The van der Waals surface area contributed by atoms with Gasteiger partial charge in [-0.15, -0.1) is 24.0 Å². The number of hydrogen-bond donors (Lipinski definition) is 1. The number of aliphatic imine (C=N–C) groups is 1. The van der Waals surface area contributed by atoms with Crippen LogP contribution < -0.4 is 5.32 Å². The molecule has 1 N–H and O–H groups in total. The molecule has 3 rings (SSSR count). The molecule has 2 atom stereocenters. The molecule has 3 fully saturated rings. The first kappa shape index (κ1) is 21.2. The van der Waals surface area contributed by atoms with Crippen molar-refractivity contribution in [1.82, 2.24) is 10.2 Å². The van der Waals surface area contributed by atoms with E-state index in [9.17, 15) is 8.42 Å². The van der Waals surface area contributed by atoms with Crippen LogP contribution in [0.15, 0.2) is 4.99 Å². The van der Waals surface area contributed by atoms with Crippen molar-refractivity contribution in [2.24, 2.45) is 16.8 Å². The van der Waals surface area contributed by atoms with E-state index in [0.717, 1.165) is 38.5 Å². The molecule has 0 amide bonds. The van der Waals surface area contributed by atoms with Gasteiger partial charge in [0.1, 0.15) is 0 Å². The molecule has 0 radical (unpaired) electrons. The number of ether oxygens (including phenoxy) is 1. The highest BCUT2D eigenvalue weighted by Crippen LogP contribution is 2.22. The van der Waals surface area contributed by atoms with Gasteiger partial charge in [0.15, 0.2) is 15.8 Å². The van der Waals surface area contributed by atoms with E-state index in [4.69, 9.17) is 9.73 Å². The Bertz CT molecular complexity index is 549. The fraction of sp³-hybridized carbons (Fsp3) is 0.941. The van der Waals surface area contributed by atoms with Crippen LogP contribution in [0, 0.1) is 11.8 Å². The first-order valence-electron chi connectivity index (χ1n) is 9.31. The average molecular weight is 485 g/mol. The van der Waals surface area contributed by atoms with Crippen LogP contribution in [0.25, 0.3) is 0 Å². The summed E-state index contributed by atoms with van der Waals surface area (Å²) in [5, 5.41) is 3.65. The van der Waals surface area contributed by atoms with Crippen molar-refractivity contribution in [3.05, 3.63) is 0 Å². The molecule has 8 heteroatoms. The minimum Gasteiger partial charge on any atom is -0.384 e. The molecule has 146 valence electrons. The third kappa shape index (κ3) is 6.23. The summed E-state index contributed by atoms with van der Waals surface area (Å²) in [6.45, 7) is 3.42. The van der Waals surface area contributed by atoms with Crippen molar-refractivity contribution in [2.45, 2.75) is 44.6 Å². The molecule has 1 aliphatic carbocycles. The van der Waals surface area contributed by atoms with E-state index in [1.54, 1.807) is 7.11 Å². The van der Waals surface area contributed by atoms with Crippen LogP contribution in [0.3, 0.4) is 0 Å². The summed E-state index contributed by atoms with van der Waals surface area (Å²) < 4.78 is 28.6. The van der Waals surface area contributed by atoms with Crippen molar-refractivity contribution in [3.63, 3.8) is 0 Å². The molecule has 0 aromatic heterocycles. The molecule has 0 aromatic carbocycles. The van der Waals surface area contributed by atoms with Gasteiger partial charge < -0.3 is 15.0 Å². The lowest BCUT2D eigenvalue weighted by molar-refractivity contribution is 0.157. The maximum absolute atomic E-state index is 11.6. The molecule has 0 aromatic rings. The summed E-state index contributed by atoms with van der Waals surface area (Å²) >= 11 is 0. The second-order valence-electron chi connectivity index (χ2n) is 7.62. The van der Waals surface area contributed by atoms with E-state index in [0.29, 0.717) is 30.0 Å². The highest BCUT2D eigenvalue weighted by atomic mass is 127. The predicted octanol–water partition coefficient (Wildman–Crippen LogP) is 1.90. The smallest absolute Gasteiger partial charge is 0.194 e. The summed E-state index contributed by atoms with van der Waals surface area (Å²) in [5.41, 5.74) is 0. The van der Waals surface area contributed by atoms with Crippen LogP contribution in [0.5, 0.6) is 0 Å². The van der Waals surface area contributed by atoms with Gasteiger partial charge in [0.25, 0.3) is 0 Å². The Morgan fingerprint density at radius 1 is 1.20 bits per heavy atom. The Kier molecular flexibility index (Phi) is 8.26. The number of nitrogens with one attached hydrogen (secondary N) is 1. The van der Waals surface area contributed by atoms with Crippen LogP contribution in [0.1, 0.15) is 38.5 Å². The summed E-state index contributed by atoms with van der Waals surface area (Å²) in [7, 11) is -1.06. The van der Waals surface area contributed by atoms with E-state index in [1.165, 1.54) is 25.7 Å². The number of hydrogen-bond acceptors (Lipinski definition) is 4. The van der Waals surface area contributed by atoms with Gasteiger partial charge >= 0.3 is 0 Å². The topological polar surface area (TPSA) is 71.0 Å². The van der Waals surface area contributed by atoms with Gasteiger partial charge in [-0.2, -0.15) is 0 Å². The Morgan fingerprint density at radius 3 is 2.60 bits per heavy atom. The monoisotopic (exact) mass is 485 g/mol. The van der Waals surface area contributed by atoms with Crippen LogP contribution >= 0.6 is 24.0 Å². The van der Waals surface area contributed by atoms with Crippen molar-refractivity contribution in [3.8, 4) is 0 Å². The zero-order chi connectivity index (χ0) is 17.0. The average Bonchev–Trinajstić information content (AvgIpc) is 3.25. The molecule has 3 aliphatic rings. The first-order chi connectivity index (χ1) is 11.6. The standard InChI is InChI=1S/C17H31N3O3S.HI/c1-23-12-15-6-8-20(11-15)17(19-16-4-2-3-5-16)18-10-14-7-9-24(21,22)13-14;/h14-16H,2-13H2,1H3,(H,18,19);1H. The second kappa shape index (κ2) is 9.73. The SMILES string of the molecule is COCC1CCN(C(=NCC2CCS(=O)(=O)C2)NC2CCCC2)C1.I. The fourth-order valence-corrected chi connectivity index (χ4v) is 5.97. The van der Waals surface area contributed by atoms with E-state index < -0.39 is 9.84 Å². The molecular formula is C17H32IN3O3S. The molecule has 2 saturated heterocycles. The zero-order valence-electron chi connectivity index (χ0n) is 15.2. The molecule has 2 aliphatic heterocycles. The van der Waals surface area contributed by atoms with Crippen LogP contribution in [0.4, 0.5) is 0 Å². The minimum absolute atomic E-state index is 0. The number of nitrogens with zero attached hydrogens (tertiary/aromatic N) is 2. The molecule has 6 nitrogen and oxygen atoms in total. The Hall–Kier alpha value is -0.0900. The predicted molar refractivity (Wildman–Crippen MR) is 111 cm³/mol. The molecular weight excluding hydrogens is 453 g/mol. The summed E-state index contributed by atoms with van der Waals surface area (Å²) in [5.74, 6) is 2.38. The lowest BCUT2D eigenvalue weighted by Gasteiger charge is -2.25. The van der Waals surface area contributed by atoms with Gasteiger partial charge in [-0.3, -0.25) is 4.99 Å². The number of halogens is 1. The van der Waals surface area contributed by atoms with Crippen molar-refractivity contribution in [1.29, 1.82) is 0 Å². The first-order valence-corrected chi connectivity index (χ1v) is 11.1. The summed E-state index contributed by atoms with van der Waals surface area (Å²) in [6.07, 6.45) is 6.90. The van der Waals surface area contributed by atoms with Crippen LogP contribution in [0.2, 0.25) is 0 Å². The van der Waals surface area contributed by atoms with Crippen LogP contribution in [-0.4, -0.2) is 70.2 Å². The Labute approximate surface area is 169 Å². The molecule has 1 saturated carbocycles. The Balaban J connectivity index is 0.00000225. The fourth-order valence-electron chi connectivity index (χ4n) is 4.12. The van der Waals surface area contributed by atoms with Crippen molar-refractivity contribution in [2.75, 3.05) is 44.9 Å². The maximum atomic E-state index is 11.6. The molecule has 0 spiro atoms. The van der Waals surface area contributed by atoms with Gasteiger partial charge in [0.05, 0.1) is 18.1 Å². The largest absolute Gasteiger partial charge is 0.384 e. The van der Waals surface area contributed by atoms with Gasteiger partial charge in [-0.05, 0) is 31.6 Å². The van der Waals surface area contributed by atoms with Gasteiger partial charge in [0.2, 0.25) is 0 Å². The van der Waals surface area contributed by atoms with Crippen molar-refractivity contribution >= 4 is 39.8 Å². The van der Waals surface area contributed by atoms with Gasteiger partial charge in [-0.1, -0.05) is 12.8 Å². The van der Waals surface area contributed by atoms with Gasteiger partial charge in [0, 0.05) is 38.7 Å². The lowest BCUT2D eigenvalue weighted by Crippen LogP contribution is -2.44. The van der Waals surface area contributed by atoms with Crippen molar-refractivity contribution < 1.29 is 13.2 Å². The maximum Gasteiger partial charge on any atom is 0.194 e. The van der Waals surface area contributed by atoms with E-state index in [-0.39, 0.29) is 29.9 Å². The normalized spacial score (nSPS) is 29.8. The second-order valence-corrected chi connectivity index (χ2v) is 9.84. The number of sulfone groups is 1. The summed E-state index contributed by atoms with van der Waals surface area (Å²) in [6, 6.07) is 0.525. The highest BCUT2D eigenvalue weighted by Gasteiger charge is 2.30.